The number of carbonyl (C=O) groups excluding carboxylic acids is 1. The summed E-state index contributed by atoms with van der Waals surface area (Å²) >= 11 is 1.46. The molecule has 2 aromatic heterocycles. The lowest BCUT2D eigenvalue weighted by atomic mass is 9.84. The van der Waals surface area contributed by atoms with Gasteiger partial charge in [0.2, 0.25) is 5.91 Å². The number of hydrogen-bond donors (Lipinski definition) is 1. The number of nitrogens with zero attached hydrogens (tertiary/aromatic N) is 3. The van der Waals surface area contributed by atoms with E-state index in [4.69, 9.17) is 0 Å². The van der Waals surface area contributed by atoms with Gasteiger partial charge in [0.25, 0.3) is 0 Å². The van der Waals surface area contributed by atoms with E-state index in [0.717, 1.165) is 33.5 Å². The Balaban J connectivity index is 1.31. The van der Waals surface area contributed by atoms with Crippen LogP contribution in [0, 0.1) is 5.92 Å². The quantitative estimate of drug-likeness (QED) is 0.758. The van der Waals surface area contributed by atoms with E-state index in [1.165, 1.54) is 37.5 Å². The maximum atomic E-state index is 12.6. The first-order valence-electron chi connectivity index (χ1n) is 9.57. The molecule has 6 rings (SSSR count). The summed E-state index contributed by atoms with van der Waals surface area (Å²) in [5.41, 5.74) is 3.10. The zero-order chi connectivity index (χ0) is 18.2. The van der Waals surface area contributed by atoms with Crippen LogP contribution in [0.25, 0.3) is 21.2 Å². The van der Waals surface area contributed by atoms with Gasteiger partial charge in [-0.25, -0.2) is 0 Å². The standard InChI is InChI=1S/C21H22N4OS/c26-21(23-19-13-25-8-5-14(19)6-9-25)11-18-17-4-3-15(10-20(17)27-24-18)16-2-1-7-22-12-16/h1-4,7,10,12,14,19H,5-6,8-9,11,13H2,(H,23,26). The Morgan fingerprint density at radius 1 is 1.22 bits per heavy atom. The molecule has 3 aliphatic heterocycles. The molecule has 0 saturated carbocycles. The van der Waals surface area contributed by atoms with Gasteiger partial charge in [-0.3, -0.25) is 9.78 Å². The monoisotopic (exact) mass is 378 g/mol. The van der Waals surface area contributed by atoms with Crippen molar-refractivity contribution in [3.8, 4) is 11.1 Å². The zero-order valence-electron chi connectivity index (χ0n) is 15.1. The Morgan fingerprint density at radius 3 is 2.85 bits per heavy atom. The number of nitrogens with one attached hydrogen (secondary N) is 1. The lowest BCUT2D eigenvalue weighted by molar-refractivity contribution is -0.122. The van der Waals surface area contributed by atoms with Crippen molar-refractivity contribution >= 4 is 27.5 Å². The van der Waals surface area contributed by atoms with Gasteiger partial charge >= 0.3 is 0 Å². The van der Waals surface area contributed by atoms with E-state index in [-0.39, 0.29) is 5.91 Å². The number of pyridine rings is 1. The van der Waals surface area contributed by atoms with Crippen LogP contribution in [0.2, 0.25) is 0 Å². The van der Waals surface area contributed by atoms with Crippen molar-refractivity contribution in [1.82, 2.24) is 19.6 Å². The fourth-order valence-corrected chi connectivity index (χ4v) is 5.20. The second-order valence-corrected chi connectivity index (χ2v) is 8.38. The van der Waals surface area contributed by atoms with Crippen LogP contribution in [0.1, 0.15) is 18.5 Å². The molecule has 0 aliphatic carbocycles. The fourth-order valence-electron chi connectivity index (χ4n) is 4.37. The highest BCUT2D eigenvalue weighted by Gasteiger charge is 2.34. The van der Waals surface area contributed by atoms with Crippen LogP contribution in [0.15, 0.2) is 42.7 Å². The minimum atomic E-state index is 0.0947. The van der Waals surface area contributed by atoms with Crippen LogP contribution < -0.4 is 5.32 Å². The molecule has 0 spiro atoms. The van der Waals surface area contributed by atoms with Gasteiger partial charge in [-0.1, -0.05) is 18.2 Å². The second kappa shape index (κ2) is 7.02. The minimum absolute atomic E-state index is 0.0947. The van der Waals surface area contributed by atoms with E-state index in [9.17, 15) is 4.79 Å². The molecule has 138 valence electrons. The highest BCUT2D eigenvalue weighted by molar-refractivity contribution is 7.13. The lowest BCUT2D eigenvalue weighted by Crippen LogP contribution is -2.57. The van der Waals surface area contributed by atoms with Gasteiger partial charge in [-0.05, 0) is 61.1 Å². The van der Waals surface area contributed by atoms with Gasteiger partial charge in [0, 0.05) is 35.9 Å². The van der Waals surface area contributed by atoms with Gasteiger partial charge in [0.15, 0.2) is 0 Å². The summed E-state index contributed by atoms with van der Waals surface area (Å²) in [7, 11) is 0. The first-order chi connectivity index (χ1) is 13.3. The molecule has 0 radical (unpaired) electrons. The van der Waals surface area contributed by atoms with E-state index >= 15 is 0 Å². The number of carbonyl (C=O) groups is 1. The van der Waals surface area contributed by atoms with Crippen LogP contribution >= 0.6 is 11.5 Å². The average Bonchev–Trinajstić information content (AvgIpc) is 3.11. The number of fused-ring (bicyclic) bond motifs is 4. The number of hydrogen-bond acceptors (Lipinski definition) is 5. The van der Waals surface area contributed by atoms with E-state index < -0.39 is 0 Å². The van der Waals surface area contributed by atoms with Gasteiger partial charge in [-0.15, -0.1) is 0 Å². The van der Waals surface area contributed by atoms with Gasteiger partial charge in [-0.2, -0.15) is 4.37 Å². The maximum Gasteiger partial charge on any atom is 0.226 e. The number of rotatable bonds is 4. The molecule has 1 aromatic carbocycles. The molecule has 6 heteroatoms. The molecule has 3 aromatic rings. The number of aromatic nitrogens is 2. The molecule has 3 saturated heterocycles. The highest BCUT2D eigenvalue weighted by Crippen LogP contribution is 2.30. The molecule has 5 nitrogen and oxygen atoms in total. The molecule has 3 fully saturated rings. The molecular weight excluding hydrogens is 356 g/mol. The predicted octanol–water partition coefficient (Wildman–Crippen LogP) is 3.11. The largest absolute Gasteiger partial charge is 0.351 e. The van der Waals surface area contributed by atoms with Crippen molar-refractivity contribution in [2.24, 2.45) is 5.92 Å². The van der Waals surface area contributed by atoms with Crippen molar-refractivity contribution in [3.05, 3.63) is 48.4 Å². The molecule has 1 unspecified atom stereocenters. The van der Waals surface area contributed by atoms with Crippen molar-refractivity contribution in [1.29, 1.82) is 0 Å². The second-order valence-electron chi connectivity index (χ2n) is 7.57. The topological polar surface area (TPSA) is 58.1 Å². The normalized spacial score (nSPS) is 24.2. The van der Waals surface area contributed by atoms with E-state index in [1.807, 2.05) is 12.3 Å². The smallest absolute Gasteiger partial charge is 0.226 e. The number of benzene rings is 1. The van der Waals surface area contributed by atoms with Crippen molar-refractivity contribution < 1.29 is 4.79 Å². The van der Waals surface area contributed by atoms with Crippen molar-refractivity contribution in [2.45, 2.75) is 25.3 Å². The lowest BCUT2D eigenvalue weighted by Gasteiger charge is -2.44. The highest BCUT2D eigenvalue weighted by atomic mass is 32.1. The number of piperidine rings is 3. The van der Waals surface area contributed by atoms with Crippen LogP contribution in [0.4, 0.5) is 0 Å². The van der Waals surface area contributed by atoms with Gasteiger partial charge in [0.1, 0.15) is 0 Å². The van der Waals surface area contributed by atoms with Crippen LogP contribution in [-0.2, 0) is 11.2 Å². The zero-order valence-corrected chi connectivity index (χ0v) is 15.9. The minimum Gasteiger partial charge on any atom is -0.351 e. The van der Waals surface area contributed by atoms with Gasteiger partial charge < -0.3 is 10.2 Å². The summed E-state index contributed by atoms with van der Waals surface area (Å²) < 4.78 is 5.68. The third kappa shape index (κ3) is 3.35. The van der Waals surface area contributed by atoms with Crippen LogP contribution in [-0.4, -0.2) is 45.8 Å². The Morgan fingerprint density at radius 2 is 2.11 bits per heavy atom. The van der Waals surface area contributed by atoms with Crippen molar-refractivity contribution in [2.75, 3.05) is 19.6 Å². The Kier molecular flexibility index (Phi) is 4.38. The predicted molar refractivity (Wildman–Crippen MR) is 108 cm³/mol. The third-order valence-electron chi connectivity index (χ3n) is 5.87. The molecule has 2 bridgehead atoms. The number of amides is 1. The fraction of sp³-hybridized carbons (Fsp3) is 0.381. The SMILES string of the molecule is O=C(Cc1nsc2cc(-c3cccnc3)ccc12)NC1CN2CCC1CC2. The summed E-state index contributed by atoms with van der Waals surface area (Å²) in [5, 5.41) is 4.35. The molecule has 1 amide bonds. The summed E-state index contributed by atoms with van der Waals surface area (Å²) in [6.45, 7) is 3.38. The Bertz CT molecular complexity index is 963. The first-order valence-corrected chi connectivity index (χ1v) is 10.3. The Hall–Kier alpha value is -2.31. The van der Waals surface area contributed by atoms with E-state index in [1.54, 1.807) is 6.20 Å². The molecule has 5 heterocycles. The summed E-state index contributed by atoms with van der Waals surface area (Å²) in [5.74, 6) is 0.741. The average molecular weight is 379 g/mol. The third-order valence-corrected chi connectivity index (χ3v) is 6.72. The molecule has 3 aliphatic rings. The van der Waals surface area contributed by atoms with Crippen LogP contribution in [0.3, 0.4) is 0 Å². The van der Waals surface area contributed by atoms with Crippen LogP contribution in [0.5, 0.6) is 0 Å². The summed E-state index contributed by atoms with van der Waals surface area (Å²) in [6, 6.07) is 10.6. The molecule has 1 N–H and O–H groups in total. The van der Waals surface area contributed by atoms with Gasteiger partial charge in [0.05, 0.1) is 16.8 Å². The van der Waals surface area contributed by atoms with Crippen molar-refractivity contribution in [3.63, 3.8) is 0 Å². The maximum absolute atomic E-state index is 12.6. The molecular formula is C21H22N4OS. The first kappa shape index (κ1) is 16.8. The summed E-state index contributed by atoms with van der Waals surface area (Å²) in [4.78, 5) is 19.3. The van der Waals surface area contributed by atoms with E-state index in [0.29, 0.717) is 18.4 Å². The molecule has 27 heavy (non-hydrogen) atoms. The molecule has 1 atom stereocenters. The Labute approximate surface area is 162 Å². The summed E-state index contributed by atoms with van der Waals surface area (Å²) in [6.07, 6.45) is 6.42. The van der Waals surface area contributed by atoms with E-state index in [2.05, 4.69) is 43.8 Å².